The van der Waals surface area contributed by atoms with Gasteiger partial charge in [-0.3, -0.25) is 0 Å². The Bertz CT molecular complexity index is 4970. The van der Waals surface area contributed by atoms with E-state index in [9.17, 15) is 0 Å². The summed E-state index contributed by atoms with van der Waals surface area (Å²) in [5.74, 6) is 0. The summed E-state index contributed by atoms with van der Waals surface area (Å²) in [6.07, 6.45) is 0. The molecule has 0 spiro atoms. The maximum Gasteiger partial charge on any atom is 0.181 e. The van der Waals surface area contributed by atoms with E-state index < -0.39 is 16.1 Å². The molecule has 0 amide bonds. The van der Waals surface area contributed by atoms with Crippen molar-refractivity contribution in [3.05, 3.63) is 328 Å². The van der Waals surface area contributed by atoms with Crippen molar-refractivity contribution < 1.29 is 0 Å². The molecule has 3 aromatic heterocycles. The van der Waals surface area contributed by atoms with Gasteiger partial charge in [-0.15, -0.1) is 11.3 Å². The monoisotopic (exact) mass is 1110 g/mol. The molecule has 390 valence electrons. The minimum absolute atomic E-state index is 1.14. The van der Waals surface area contributed by atoms with Crippen molar-refractivity contribution in [2.24, 2.45) is 0 Å². The summed E-state index contributed by atoms with van der Waals surface area (Å²) in [5.41, 5.74) is 9.48. The summed E-state index contributed by atoms with van der Waals surface area (Å²) in [6, 6.07) is 124. The molecule has 3 heterocycles. The topological polar surface area (TPSA) is 9.86 Å². The third kappa shape index (κ3) is 7.66. The molecule has 0 N–H and O–H groups in total. The maximum absolute atomic E-state index is 3.10. The number of aromatic nitrogens is 2. The summed E-state index contributed by atoms with van der Waals surface area (Å²) < 4.78 is 7.61. The fourth-order valence-corrected chi connectivity index (χ4v) is 25.5. The zero-order chi connectivity index (χ0) is 54.9. The van der Waals surface area contributed by atoms with Crippen LogP contribution < -0.4 is 41.5 Å². The second-order valence-electron chi connectivity index (χ2n) is 21.9. The van der Waals surface area contributed by atoms with E-state index in [2.05, 4.69) is 337 Å². The van der Waals surface area contributed by atoms with Crippen LogP contribution in [0.2, 0.25) is 0 Å². The van der Waals surface area contributed by atoms with Crippen LogP contribution in [0.15, 0.2) is 328 Å². The fourth-order valence-electron chi connectivity index (χ4n) is 14.1. The van der Waals surface area contributed by atoms with Gasteiger partial charge in [0.2, 0.25) is 0 Å². The van der Waals surface area contributed by atoms with Crippen molar-refractivity contribution in [1.82, 2.24) is 9.13 Å². The number of benzene rings is 13. The van der Waals surface area contributed by atoms with Gasteiger partial charge in [0.15, 0.2) is 16.1 Å². The van der Waals surface area contributed by atoms with Crippen LogP contribution in [0, 0.1) is 0 Å². The number of hydrogen-bond donors (Lipinski definition) is 0. The Morgan fingerprint density at radius 2 is 0.602 bits per heavy atom. The van der Waals surface area contributed by atoms with Gasteiger partial charge in [-0.25, -0.2) is 0 Å². The highest BCUT2D eigenvalue weighted by Gasteiger charge is 2.44. The third-order valence-corrected chi connectivity index (χ3v) is 28.5. The van der Waals surface area contributed by atoms with Gasteiger partial charge in [-0.2, -0.15) is 0 Å². The number of thiophene rings is 1. The van der Waals surface area contributed by atoms with Crippen molar-refractivity contribution in [3.63, 3.8) is 0 Å². The molecule has 0 aliphatic heterocycles. The Morgan fingerprint density at radius 1 is 0.229 bits per heavy atom. The number of rotatable bonds is 11. The molecule has 0 aliphatic rings. The molecule has 0 aliphatic carbocycles. The average Bonchev–Trinajstić information content (AvgIpc) is 4.40. The molecule has 0 atom stereocenters. The third-order valence-electron chi connectivity index (χ3n) is 17.6. The minimum atomic E-state index is -3.10. The molecule has 2 nitrogen and oxygen atoms in total. The average molecular weight is 1110 g/mol. The van der Waals surface area contributed by atoms with Crippen molar-refractivity contribution in [2.45, 2.75) is 0 Å². The van der Waals surface area contributed by atoms with Gasteiger partial charge < -0.3 is 9.13 Å². The normalized spacial score (nSPS) is 12.1. The minimum Gasteiger partial charge on any atom is -0.309 e. The van der Waals surface area contributed by atoms with Gasteiger partial charge in [0.05, 0.1) is 22.1 Å². The molecule has 0 unspecified atom stereocenters. The molecule has 16 rings (SSSR count). The van der Waals surface area contributed by atoms with Crippen molar-refractivity contribution in [3.8, 4) is 22.5 Å². The predicted octanol–water partition coefficient (Wildman–Crippen LogP) is 14.7. The van der Waals surface area contributed by atoms with Crippen LogP contribution in [-0.4, -0.2) is 25.3 Å². The van der Waals surface area contributed by atoms with Gasteiger partial charge >= 0.3 is 0 Å². The largest absolute Gasteiger partial charge is 0.309 e. The summed E-state index contributed by atoms with van der Waals surface area (Å²) in [4.78, 5) is 0. The molecule has 5 heteroatoms. The molecule has 0 saturated heterocycles. The van der Waals surface area contributed by atoms with E-state index in [0.29, 0.717) is 0 Å². The van der Waals surface area contributed by atoms with Crippen LogP contribution in [-0.2, 0) is 0 Å². The first-order valence-electron chi connectivity index (χ1n) is 28.6. The zero-order valence-electron chi connectivity index (χ0n) is 45.5. The van der Waals surface area contributed by atoms with Gasteiger partial charge in [0.25, 0.3) is 0 Å². The number of nitrogens with zero attached hydrogens (tertiary/aromatic N) is 2. The molecule has 0 bridgehead atoms. The fraction of sp³-hybridized carbons (Fsp3) is 0. The molecule has 0 saturated carbocycles. The van der Waals surface area contributed by atoms with Gasteiger partial charge in [-0.05, 0) is 107 Å². The van der Waals surface area contributed by atoms with Crippen LogP contribution in [0.1, 0.15) is 0 Å². The first-order chi connectivity index (χ1) is 41.2. The second kappa shape index (κ2) is 20.0. The van der Waals surface area contributed by atoms with Crippen LogP contribution in [0.4, 0.5) is 0 Å². The first kappa shape index (κ1) is 49.0. The lowest BCUT2D eigenvalue weighted by molar-refractivity contribution is 1.17. The predicted molar refractivity (Wildman–Crippen MR) is 361 cm³/mol. The highest BCUT2D eigenvalue weighted by atomic mass is 32.1. The van der Waals surface area contributed by atoms with Crippen molar-refractivity contribution in [1.29, 1.82) is 0 Å². The Labute approximate surface area is 488 Å². The molecule has 13 aromatic carbocycles. The lowest BCUT2D eigenvalue weighted by Gasteiger charge is -2.35. The molecular formula is C78H54N2SSi2. The van der Waals surface area contributed by atoms with E-state index in [0.717, 1.165) is 11.4 Å². The first-order valence-corrected chi connectivity index (χ1v) is 33.5. The van der Waals surface area contributed by atoms with Gasteiger partial charge in [0.1, 0.15) is 0 Å². The summed E-state index contributed by atoms with van der Waals surface area (Å²) in [5, 5.41) is 18.5. The number of hydrogen-bond acceptors (Lipinski definition) is 1. The Balaban J connectivity index is 0.896. The molecule has 16 aromatic rings. The molecule has 0 radical (unpaired) electrons. The van der Waals surface area contributed by atoms with Gasteiger partial charge in [0, 0.05) is 53.1 Å². The molecule has 0 fully saturated rings. The van der Waals surface area contributed by atoms with Crippen LogP contribution in [0.5, 0.6) is 0 Å². The van der Waals surface area contributed by atoms with Gasteiger partial charge in [-0.1, -0.05) is 273 Å². The van der Waals surface area contributed by atoms with Crippen LogP contribution >= 0.6 is 11.3 Å². The Hall–Kier alpha value is -9.89. The van der Waals surface area contributed by atoms with Crippen molar-refractivity contribution in [2.75, 3.05) is 0 Å². The smallest absolute Gasteiger partial charge is 0.181 e. The Morgan fingerprint density at radius 3 is 1.14 bits per heavy atom. The highest BCUT2D eigenvalue weighted by Crippen LogP contribution is 2.38. The Kier molecular flexibility index (Phi) is 11.8. The zero-order valence-corrected chi connectivity index (χ0v) is 48.3. The quantitative estimate of drug-likeness (QED) is 0.0902. The van der Waals surface area contributed by atoms with E-state index >= 15 is 0 Å². The number of para-hydroxylation sites is 3. The highest BCUT2D eigenvalue weighted by molar-refractivity contribution is 7.30. The second-order valence-corrected chi connectivity index (χ2v) is 30.5. The molecular weight excluding hydrogens is 1050 g/mol. The molecule has 83 heavy (non-hydrogen) atoms. The summed E-state index contributed by atoms with van der Waals surface area (Å²) >= 11 is 1.94. The van der Waals surface area contributed by atoms with Crippen LogP contribution in [0.3, 0.4) is 0 Å². The van der Waals surface area contributed by atoms with E-state index in [1.807, 2.05) is 11.3 Å². The lowest BCUT2D eigenvalue weighted by atomic mass is 10.1. The standard InChI is InChI=1S/C78H54N2SSi2/c1-5-28-59(29-6-1)82(60-30-7-2-8-31-60,65-38-23-27-57(53-65)79-74-46-19-15-41-68(74)71-54-58(49-50-75(71)79)80-72-44-17-13-39-66(72)67-40-14-18-45-73(67)80)63-36-21-25-55(51-63)56-26-22-37-64(52-56)83(61-32-9-3-10-33-61,62-34-11-4-12-35-62)77-48-24-43-70-69-42-16-20-47-76(69)81-78(70)77/h1-54H. The van der Waals surface area contributed by atoms with Crippen LogP contribution in [0.25, 0.3) is 86.3 Å². The van der Waals surface area contributed by atoms with E-state index in [1.165, 1.54) is 116 Å². The lowest BCUT2D eigenvalue weighted by Crippen LogP contribution is -2.75. The SMILES string of the molecule is c1ccc([Si](c2ccccc2)(c2cccc(-c3cccc([Si](c4ccccc4)(c4ccccc4)c4cccc5c4sc4ccccc45)c3)c2)c2cccc(-n3c4ccccc4c4cc(-n5c6ccccc6c6ccccc65)ccc43)c2)cc1. The van der Waals surface area contributed by atoms with E-state index in [4.69, 9.17) is 0 Å². The number of fused-ring (bicyclic) bond motifs is 9. The van der Waals surface area contributed by atoms with E-state index in [-0.39, 0.29) is 0 Å². The van der Waals surface area contributed by atoms with E-state index in [1.54, 1.807) is 0 Å². The summed E-state index contributed by atoms with van der Waals surface area (Å²) in [6.45, 7) is 0. The maximum atomic E-state index is 2.54. The van der Waals surface area contributed by atoms with Crippen molar-refractivity contribution >= 4 is 133 Å². The summed E-state index contributed by atoms with van der Waals surface area (Å²) in [7, 11) is -6.10.